The van der Waals surface area contributed by atoms with Crippen molar-refractivity contribution in [3.63, 3.8) is 0 Å². The lowest BCUT2D eigenvalue weighted by Crippen LogP contribution is -2.53. The number of sulfonamides is 1. The van der Waals surface area contributed by atoms with E-state index in [0.29, 0.717) is 32.7 Å². The molecule has 0 radical (unpaired) electrons. The molecule has 1 heterocycles. The van der Waals surface area contributed by atoms with Gasteiger partial charge in [-0.2, -0.15) is 4.31 Å². The maximum Gasteiger partial charge on any atom is 0.317 e. The van der Waals surface area contributed by atoms with E-state index in [2.05, 4.69) is 5.32 Å². The van der Waals surface area contributed by atoms with Gasteiger partial charge < -0.3 is 10.2 Å². The molecule has 8 heteroatoms. The first-order chi connectivity index (χ1) is 11.0. The van der Waals surface area contributed by atoms with Gasteiger partial charge in [-0.1, -0.05) is 12.1 Å². The van der Waals surface area contributed by atoms with Crippen molar-refractivity contribution in [2.45, 2.75) is 24.6 Å². The fourth-order valence-corrected chi connectivity index (χ4v) is 4.44. The van der Waals surface area contributed by atoms with Gasteiger partial charge in [0.25, 0.3) is 0 Å². The molecule has 0 unspecified atom stereocenters. The average Bonchev–Trinajstić information content (AvgIpc) is 3.39. The Morgan fingerprint density at radius 3 is 2.30 bits per heavy atom. The molecule has 3 rings (SSSR count). The molecule has 1 aliphatic carbocycles. The molecule has 1 saturated heterocycles. The Morgan fingerprint density at radius 2 is 1.74 bits per heavy atom. The van der Waals surface area contributed by atoms with Crippen molar-refractivity contribution in [1.82, 2.24) is 14.5 Å². The number of carbonyl (C=O) groups is 1. The minimum atomic E-state index is -3.16. The number of urea groups is 1. The molecular weight excluding hydrogens is 321 g/mol. The van der Waals surface area contributed by atoms with Crippen LogP contribution in [0.5, 0.6) is 0 Å². The number of hydrogen-bond acceptors (Lipinski definition) is 3. The molecule has 2 aliphatic rings. The Labute approximate surface area is 135 Å². The largest absolute Gasteiger partial charge is 0.334 e. The molecule has 23 heavy (non-hydrogen) atoms. The van der Waals surface area contributed by atoms with Crippen LogP contribution in [0.2, 0.25) is 0 Å². The van der Waals surface area contributed by atoms with Crippen molar-refractivity contribution in [3.05, 3.63) is 35.6 Å². The zero-order valence-corrected chi connectivity index (χ0v) is 13.6. The van der Waals surface area contributed by atoms with Crippen LogP contribution in [0, 0.1) is 5.82 Å². The summed E-state index contributed by atoms with van der Waals surface area (Å²) in [7, 11) is -3.16. The second-order valence-corrected chi connectivity index (χ2v) is 8.13. The molecule has 0 spiro atoms. The third-order valence-electron chi connectivity index (χ3n) is 4.19. The van der Waals surface area contributed by atoms with Crippen LogP contribution in [-0.4, -0.2) is 55.1 Å². The molecule has 1 aromatic carbocycles. The highest BCUT2D eigenvalue weighted by atomic mass is 32.2. The fraction of sp³-hybridized carbons (Fsp3) is 0.533. The maximum atomic E-state index is 12.8. The van der Waals surface area contributed by atoms with Crippen LogP contribution in [0.25, 0.3) is 0 Å². The summed E-state index contributed by atoms with van der Waals surface area (Å²) in [6, 6.07) is 5.72. The summed E-state index contributed by atoms with van der Waals surface area (Å²) >= 11 is 0. The van der Waals surface area contributed by atoms with Gasteiger partial charge in [0.15, 0.2) is 0 Å². The molecule has 6 nitrogen and oxygen atoms in total. The maximum absolute atomic E-state index is 12.8. The summed E-state index contributed by atoms with van der Waals surface area (Å²) in [5.74, 6) is -0.312. The van der Waals surface area contributed by atoms with Crippen LogP contribution in [0.1, 0.15) is 18.4 Å². The number of benzene rings is 1. The number of carbonyl (C=O) groups excluding carboxylic acids is 1. The number of amides is 2. The van der Waals surface area contributed by atoms with Crippen molar-refractivity contribution in [2.24, 2.45) is 0 Å². The molecule has 0 atom stereocenters. The zero-order chi connectivity index (χ0) is 16.4. The molecule has 2 fully saturated rings. The Morgan fingerprint density at radius 1 is 1.13 bits per heavy atom. The number of halogens is 1. The minimum Gasteiger partial charge on any atom is -0.334 e. The van der Waals surface area contributed by atoms with E-state index in [-0.39, 0.29) is 17.1 Å². The molecular formula is C15H20FN3O3S. The number of nitrogens with one attached hydrogen (secondary N) is 1. The summed E-state index contributed by atoms with van der Waals surface area (Å²) in [6.07, 6.45) is 1.50. The smallest absolute Gasteiger partial charge is 0.317 e. The average molecular weight is 341 g/mol. The van der Waals surface area contributed by atoms with Gasteiger partial charge in [-0.25, -0.2) is 17.6 Å². The van der Waals surface area contributed by atoms with Gasteiger partial charge in [-0.3, -0.25) is 0 Å². The highest BCUT2D eigenvalue weighted by molar-refractivity contribution is 7.90. The van der Waals surface area contributed by atoms with Gasteiger partial charge in [0.2, 0.25) is 10.0 Å². The second kappa shape index (κ2) is 6.45. The van der Waals surface area contributed by atoms with Gasteiger partial charge in [0.05, 0.1) is 5.25 Å². The highest BCUT2D eigenvalue weighted by Crippen LogP contribution is 2.31. The lowest BCUT2D eigenvalue weighted by Gasteiger charge is -2.34. The number of hydrogen-bond donors (Lipinski definition) is 1. The van der Waals surface area contributed by atoms with E-state index >= 15 is 0 Å². The van der Waals surface area contributed by atoms with Crippen LogP contribution < -0.4 is 5.32 Å². The summed E-state index contributed by atoms with van der Waals surface area (Å²) < 4.78 is 38.6. The van der Waals surface area contributed by atoms with Crippen LogP contribution in [0.4, 0.5) is 9.18 Å². The molecule has 2 amide bonds. The monoisotopic (exact) mass is 341 g/mol. The fourth-order valence-electron chi connectivity index (χ4n) is 2.61. The molecule has 0 aromatic heterocycles. The Hall–Kier alpha value is -1.67. The first-order valence-electron chi connectivity index (χ1n) is 7.73. The van der Waals surface area contributed by atoms with Crippen LogP contribution in [-0.2, 0) is 16.6 Å². The predicted molar refractivity (Wildman–Crippen MR) is 83.7 cm³/mol. The first-order valence-corrected chi connectivity index (χ1v) is 9.23. The number of piperazine rings is 1. The van der Waals surface area contributed by atoms with Gasteiger partial charge in [-0.15, -0.1) is 0 Å². The van der Waals surface area contributed by atoms with E-state index in [9.17, 15) is 17.6 Å². The summed E-state index contributed by atoms with van der Waals surface area (Å²) in [6.45, 7) is 1.80. The molecule has 0 bridgehead atoms. The van der Waals surface area contributed by atoms with E-state index in [1.165, 1.54) is 16.4 Å². The van der Waals surface area contributed by atoms with Crippen molar-refractivity contribution in [2.75, 3.05) is 26.2 Å². The highest BCUT2D eigenvalue weighted by Gasteiger charge is 2.41. The van der Waals surface area contributed by atoms with Gasteiger partial charge >= 0.3 is 6.03 Å². The van der Waals surface area contributed by atoms with Gasteiger partial charge in [-0.05, 0) is 30.5 Å². The van der Waals surface area contributed by atoms with E-state index in [4.69, 9.17) is 0 Å². The quantitative estimate of drug-likeness (QED) is 0.893. The standard InChI is InChI=1S/C15H20FN3O3S/c16-13-3-1-12(2-4-13)11-17-15(20)18-7-9-19(10-8-18)23(21,22)14-5-6-14/h1-4,14H,5-11H2,(H,17,20). The Balaban J connectivity index is 1.47. The Kier molecular flexibility index (Phi) is 4.54. The predicted octanol–water partition coefficient (Wildman–Crippen LogP) is 1.15. The minimum absolute atomic E-state index is 0.207. The summed E-state index contributed by atoms with van der Waals surface area (Å²) in [4.78, 5) is 13.7. The van der Waals surface area contributed by atoms with Crippen molar-refractivity contribution in [1.29, 1.82) is 0 Å². The van der Waals surface area contributed by atoms with E-state index in [1.807, 2.05) is 0 Å². The molecule has 1 saturated carbocycles. The third kappa shape index (κ3) is 3.81. The SMILES string of the molecule is O=C(NCc1ccc(F)cc1)N1CCN(S(=O)(=O)C2CC2)CC1. The van der Waals surface area contributed by atoms with Gasteiger partial charge in [0.1, 0.15) is 5.82 Å². The summed E-state index contributed by atoms with van der Waals surface area (Å²) in [5, 5.41) is 2.57. The summed E-state index contributed by atoms with van der Waals surface area (Å²) in [5.41, 5.74) is 0.815. The van der Waals surface area contributed by atoms with Gasteiger partial charge in [0, 0.05) is 32.7 Å². The third-order valence-corrected chi connectivity index (χ3v) is 6.59. The lowest BCUT2D eigenvalue weighted by molar-refractivity contribution is 0.172. The van der Waals surface area contributed by atoms with E-state index < -0.39 is 10.0 Å². The molecule has 1 aliphatic heterocycles. The molecule has 1 N–H and O–H groups in total. The second-order valence-electron chi connectivity index (χ2n) is 5.92. The van der Waals surface area contributed by atoms with Crippen molar-refractivity contribution < 1.29 is 17.6 Å². The number of rotatable bonds is 4. The van der Waals surface area contributed by atoms with E-state index in [0.717, 1.165) is 18.4 Å². The van der Waals surface area contributed by atoms with Crippen molar-refractivity contribution in [3.8, 4) is 0 Å². The molecule has 126 valence electrons. The first kappa shape index (κ1) is 16.2. The van der Waals surface area contributed by atoms with Crippen LogP contribution in [0.3, 0.4) is 0 Å². The lowest BCUT2D eigenvalue weighted by atomic mass is 10.2. The zero-order valence-electron chi connectivity index (χ0n) is 12.7. The number of nitrogens with zero attached hydrogens (tertiary/aromatic N) is 2. The van der Waals surface area contributed by atoms with Crippen molar-refractivity contribution >= 4 is 16.1 Å². The van der Waals surface area contributed by atoms with Crippen LogP contribution in [0.15, 0.2) is 24.3 Å². The van der Waals surface area contributed by atoms with Crippen LogP contribution >= 0.6 is 0 Å². The molecule has 1 aromatic rings. The topological polar surface area (TPSA) is 69.7 Å². The normalized spacial score (nSPS) is 19.6. The Bertz CT molecular complexity index is 666. The van der Waals surface area contributed by atoms with E-state index in [1.54, 1.807) is 17.0 Å².